The Morgan fingerprint density at radius 3 is 1.71 bits per heavy atom. The number of aldehydes is 2. The molecule has 0 saturated heterocycles. The summed E-state index contributed by atoms with van der Waals surface area (Å²) in [6, 6.07) is 0. The van der Waals surface area contributed by atoms with Crippen LogP contribution in [0.25, 0.3) is 0 Å². The zero-order chi connectivity index (χ0) is 15.6. The molecule has 0 aromatic rings. The molecule has 0 radical (unpaired) electrons. The van der Waals surface area contributed by atoms with E-state index in [2.05, 4.69) is 6.92 Å². The van der Waals surface area contributed by atoms with E-state index < -0.39 is 0 Å². The van der Waals surface area contributed by atoms with Crippen LogP contribution in [0.4, 0.5) is 0 Å². The van der Waals surface area contributed by atoms with Gasteiger partial charge in [-0.3, -0.25) is 0 Å². The fraction of sp³-hybridized carbons (Fsp3) is 0.889. The van der Waals surface area contributed by atoms with Crippen molar-refractivity contribution in [2.45, 2.75) is 84.0 Å². The molecule has 0 atom stereocenters. The van der Waals surface area contributed by atoms with Crippen LogP contribution < -0.4 is 0 Å². The Kier molecular flexibility index (Phi) is 16.8. The highest BCUT2D eigenvalue weighted by molar-refractivity contribution is 5.54. The first-order valence-corrected chi connectivity index (χ1v) is 8.80. The van der Waals surface area contributed by atoms with Crippen LogP contribution in [0.1, 0.15) is 84.0 Å². The van der Waals surface area contributed by atoms with E-state index in [0.717, 1.165) is 25.6 Å². The second-order valence-electron chi connectivity index (χ2n) is 5.93. The molecule has 0 bridgehead atoms. The summed E-state index contributed by atoms with van der Waals surface area (Å²) in [5.41, 5.74) is 0. The summed E-state index contributed by atoms with van der Waals surface area (Å²) in [4.78, 5) is 20.9. The summed E-state index contributed by atoms with van der Waals surface area (Å²) in [5, 5.41) is 0. The first kappa shape index (κ1) is 20.3. The highest BCUT2D eigenvalue weighted by Crippen LogP contribution is 2.11. The Morgan fingerprint density at radius 2 is 1.24 bits per heavy atom. The van der Waals surface area contributed by atoms with Gasteiger partial charge in [0.25, 0.3) is 0 Å². The zero-order valence-electron chi connectivity index (χ0n) is 13.9. The van der Waals surface area contributed by atoms with Crippen LogP contribution in [0.3, 0.4) is 0 Å². The van der Waals surface area contributed by atoms with E-state index in [4.69, 9.17) is 4.74 Å². The molecule has 0 rings (SSSR count). The third-order valence-electron chi connectivity index (χ3n) is 3.85. The van der Waals surface area contributed by atoms with Crippen LogP contribution in [-0.4, -0.2) is 25.8 Å². The molecule has 0 N–H and O–H groups in total. The summed E-state index contributed by atoms with van der Waals surface area (Å²) >= 11 is 0. The summed E-state index contributed by atoms with van der Waals surface area (Å²) in [7, 11) is 0. The minimum atomic E-state index is 0.0723. The topological polar surface area (TPSA) is 43.4 Å². The number of hydrogen-bond donors (Lipinski definition) is 0. The summed E-state index contributed by atoms with van der Waals surface area (Å²) < 4.78 is 5.56. The van der Waals surface area contributed by atoms with Crippen LogP contribution in [0.2, 0.25) is 0 Å². The van der Waals surface area contributed by atoms with Gasteiger partial charge >= 0.3 is 0 Å². The van der Waals surface area contributed by atoms with Crippen LogP contribution in [0, 0.1) is 5.92 Å². The lowest BCUT2D eigenvalue weighted by molar-refractivity contribution is -0.111. The van der Waals surface area contributed by atoms with Crippen molar-refractivity contribution in [2.75, 3.05) is 13.2 Å². The normalized spacial score (nSPS) is 11.0. The quantitative estimate of drug-likeness (QED) is 0.288. The zero-order valence-corrected chi connectivity index (χ0v) is 13.9. The standard InChI is InChI=1S/C18H34O3/c1-2-3-4-5-6-7-8-9-10-11-16-21-17-18(12-14-19)13-15-20/h14-15,18H,2-13,16-17H2,1H3. The van der Waals surface area contributed by atoms with Gasteiger partial charge in [-0.05, 0) is 12.3 Å². The molecule has 3 nitrogen and oxygen atoms in total. The minimum Gasteiger partial charge on any atom is -0.381 e. The lowest BCUT2D eigenvalue weighted by Crippen LogP contribution is -2.11. The Labute approximate surface area is 130 Å². The van der Waals surface area contributed by atoms with Gasteiger partial charge in [-0.2, -0.15) is 0 Å². The van der Waals surface area contributed by atoms with Crippen molar-refractivity contribution >= 4 is 12.6 Å². The van der Waals surface area contributed by atoms with Gasteiger partial charge in [0.2, 0.25) is 0 Å². The molecule has 0 unspecified atom stereocenters. The van der Waals surface area contributed by atoms with Crippen molar-refractivity contribution in [2.24, 2.45) is 5.92 Å². The third kappa shape index (κ3) is 15.5. The highest BCUT2D eigenvalue weighted by Gasteiger charge is 2.07. The average molecular weight is 298 g/mol. The molecule has 124 valence electrons. The largest absolute Gasteiger partial charge is 0.381 e. The predicted molar refractivity (Wildman–Crippen MR) is 87.5 cm³/mol. The molecule has 21 heavy (non-hydrogen) atoms. The van der Waals surface area contributed by atoms with Crippen LogP contribution in [-0.2, 0) is 14.3 Å². The van der Waals surface area contributed by atoms with Gasteiger partial charge in [0.1, 0.15) is 12.6 Å². The number of rotatable bonds is 17. The molecule has 0 aliphatic carbocycles. The number of unbranched alkanes of at least 4 members (excludes halogenated alkanes) is 9. The van der Waals surface area contributed by atoms with Crippen molar-refractivity contribution in [3.8, 4) is 0 Å². The van der Waals surface area contributed by atoms with E-state index >= 15 is 0 Å². The van der Waals surface area contributed by atoms with Crippen molar-refractivity contribution in [3.63, 3.8) is 0 Å². The summed E-state index contributed by atoms with van der Waals surface area (Å²) in [6.07, 6.45) is 15.8. The Hall–Kier alpha value is -0.700. The van der Waals surface area contributed by atoms with E-state index in [1.165, 1.54) is 57.8 Å². The lowest BCUT2D eigenvalue weighted by Gasteiger charge is -2.11. The maximum atomic E-state index is 10.4. The predicted octanol–water partition coefficient (Wildman–Crippen LogP) is 4.72. The molecule has 0 spiro atoms. The van der Waals surface area contributed by atoms with Gasteiger partial charge in [-0.15, -0.1) is 0 Å². The van der Waals surface area contributed by atoms with Crippen molar-refractivity contribution in [1.29, 1.82) is 0 Å². The molecule has 0 amide bonds. The molecule has 0 aromatic carbocycles. The van der Waals surface area contributed by atoms with Gasteiger partial charge in [0.15, 0.2) is 0 Å². The summed E-state index contributed by atoms with van der Waals surface area (Å²) in [6.45, 7) is 3.54. The second-order valence-corrected chi connectivity index (χ2v) is 5.93. The van der Waals surface area contributed by atoms with Crippen molar-refractivity contribution in [3.05, 3.63) is 0 Å². The number of hydrogen-bond acceptors (Lipinski definition) is 3. The van der Waals surface area contributed by atoms with Crippen LogP contribution in [0.15, 0.2) is 0 Å². The SMILES string of the molecule is CCCCCCCCCCCCOCC(CC=O)CC=O. The molecular formula is C18H34O3. The Bertz CT molecular complexity index is 219. The van der Waals surface area contributed by atoms with E-state index in [1.54, 1.807) is 0 Å². The number of carbonyl (C=O) groups is 2. The van der Waals surface area contributed by atoms with Crippen molar-refractivity contribution in [1.82, 2.24) is 0 Å². The van der Waals surface area contributed by atoms with E-state index in [9.17, 15) is 9.59 Å². The van der Waals surface area contributed by atoms with Gasteiger partial charge < -0.3 is 14.3 Å². The molecular weight excluding hydrogens is 264 g/mol. The van der Waals surface area contributed by atoms with Gasteiger partial charge in [0, 0.05) is 19.4 Å². The molecule has 3 heteroatoms. The summed E-state index contributed by atoms with van der Waals surface area (Å²) in [5.74, 6) is 0.0723. The monoisotopic (exact) mass is 298 g/mol. The maximum absolute atomic E-state index is 10.4. The van der Waals surface area contributed by atoms with Gasteiger partial charge in [0.05, 0.1) is 6.61 Å². The molecule has 0 fully saturated rings. The third-order valence-corrected chi connectivity index (χ3v) is 3.85. The van der Waals surface area contributed by atoms with Gasteiger partial charge in [-0.25, -0.2) is 0 Å². The molecule has 0 aliphatic heterocycles. The van der Waals surface area contributed by atoms with E-state index in [1.807, 2.05) is 0 Å². The lowest BCUT2D eigenvalue weighted by atomic mass is 10.0. The van der Waals surface area contributed by atoms with E-state index in [-0.39, 0.29) is 5.92 Å². The number of carbonyl (C=O) groups excluding carboxylic acids is 2. The second kappa shape index (κ2) is 17.4. The number of ether oxygens (including phenoxy) is 1. The Balaban J connectivity index is 3.20. The Morgan fingerprint density at radius 1 is 0.762 bits per heavy atom. The fourth-order valence-electron chi connectivity index (χ4n) is 2.45. The van der Waals surface area contributed by atoms with Crippen molar-refractivity contribution < 1.29 is 14.3 Å². The minimum absolute atomic E-state index is 0.0723. The van der Waals surface area contributed by atoms with Crippen LogP contribution in [0.5, 0.6) is 0 Å². The van der Waals surface area contributed by atoms with Gasteiger partial charge in [-0.1, -0.05) is 64.7 Å². The molecule has 0 aromatic heterocycles. The smallest absolute Gasteiger partial charge is 0.120 e. The first-order chi connectivity index (χ1) is 10.3. The van der Waals surface area contributed by atoms with Crippen LogP contribution >= 0.6 is 0 Å². The first-order valence-electron chi connectivity index (χ1n) is 8.80. The highest BCUT2D eigenvalue weighted by atomic mass is 16.5. The molecule has 0 heterocycles. The average Bonchev–Trinajstić information content (AvgIpc) is 2.48. The van der Waals surface area contributed by atoms with E-state index in [0.29, 0.717) is 19.4 Å². The molecule has 0 aliphatic rings. The fourth-order valence-corrected chi connectivity index (χ4v) is 2.45. The molecule has 0 saturated carbocycles. The maximum Gasteiger partial charge on any atom is 0.120 e.